The Hall–Kier alpha value is -0.820. The molecule has 0 saturated heterocycles. The fourth-order valence-electron chi connectivity index (χ4n) is 2.80. The monoisotopic (exact) mass is 289 g/mol. The molecular weight excluding hydrogens is 254 g/mol. The van der Waals surface area contributed by atoms with Crippen molar-refractivity contribution in [3.05, 3.63) is 35.9 Å². The topological polar surface area (TPSA) is 12.0 Å². The molecule has 0 aliphatic heterocycles. The number of unbranched alkanes of at least 4 members (excludes halogenated alkanes) is 3. The molecule has 1 aromatic rings. The van der Waals surface area contributed by atoms with E-state index in [4.69, 9.17) is 0 Å². The van der Waals surface area contributed by atoms with Gasteiger partial charge in [-0.2, -0.15) is 0 Å². The third-order valence-electron chi connectivity index (χ3n) is 4.01. The SMILES string of the molecule is CC(C)CCCCCCNC(CC(C)C)c1ccccc1. The van der Waals surface area contributed by atoms with Gasteiger partial charge in [0.2, 0.25) is 0 Å². The third-order valence-corrected chi connectivity index (χ3v) is 4.01. The first-order valence-corrected chi connectivity index (χ1v) is 8.88. The summed E-state index contributed by atoms with van der Waals surface area (Å²) in [6.45, 7) is 10.4. The molecule has 0 heterocycles. The van der Waals surface area contributed by atoms with Gasteiger partial charge in [-0.25, -0.2) is 0 Å². The van der Waals surface area contributed by atoms with Crippen molar-refractivity contribution in [2.24, 2.45) is 11.8 Å². The lowest BCUT2D eigenvalue weighted by Crippen LogP contribution is -2.23. The second-order valence-electron chi connectivity index (χ2n) is 7.14. The largest absolute Gasteiger partial charge is 0.310 e. The maximum atomic E-state index is 3.77. The fourth-order valence-corrected chi connectivity index (χ4v) is 2.80. The van der Waals surface area contributed by atoms with E-state index in [2.05, 4.69) is 63.3 Å². The van der Waals surface area contributed by atoms with Crippen LogP contribution in [0.1, 0.15) is 77.8 Å². The number of benzene rings is 1. The maximum Gasteiger partial charge on any atom is 0.0322 e. The Kier molecular flexibility index (Phi) is 9.41. The number of nitrogens with one attached hydrogen (secondary N) is 1. The quantitative estimate of drug-likeness (QED) is 0.495. The van der Waals surface area contributed by atoms with E-state index in [-0.39, 0.29) is 0 Å². The summed E-state index contributed by atoms with van der Waals surface area (Å²) in [5.74, 6) is 1.59. The molecule has 0 aliphatic rings. The van der Waals surface area contributed by atoms with Gasteiger partial charge in [-0.3, -0.25) is 0 Å². The van der Waals surface area contributed by atoms with Gasteiger partial charge in [-0.15, -0.1) is 0 Å². The van der Waals surface area contributed by atoms with Gasteiger partial charge in [0.1, 0.15) is 0 Å². The van der Waals surface area contributed by atoms with E-state index in [1.165, 1.54) is 44.1 Å². The molecule has 1 rings (SSSR count). The summed E-state index contributed by atoms with van der Waals surface area (Å²) < 4.78 is 0. The second kappa shape index (κ2) is 10.8. The molecule has 0 aromatic heterocycles. The zero-order valence-electron chi connectivity index (χ0n) is 14.6. The lowest BCUT2D eigenvalue weighted by molar-refractivity contribution is 0.420. The van der Waals surface area contributed by atoms with Gasteiger partial charge in [-0.1, -0.05) is 83.7 Å². The Balaban J connectivity index is 2.25. The van der Waals surface area contributed by atoms with E-state index in [0.29, 0.717) is 6.04 Å². The average Bonchev–Trinajstić information content (AvgIpc) is 2.45. The normalized spacial score (nSPS) is 13.0. The van der Waals surface area contributed by atoms with Crippen LogP contribution < -0.4 is 5.32 Å². The minimum absolute atomic E-state index is 0.516. The summed E-state index contributed by atoms with van der Waals surface area (Å²) in [5.41, 5.74) is 1.44. The predicted molar refractivity (Wildman–Crippen MR) is 94.6 cm³/mol. The number of hydrogen-bond acceptors (Lipinski definition) is 1. The molecule has 1 unspecified atom stereocenters. The summed E-state index contributed by atoms with van der Waals surface area (Å²) in [4.78, 5) is 0. The Morgan fingerprint density at radius 1 is 0.810 bits per heavy atom. The van der Waals surface area contributed by atoms with Crippen molar-refractivity contribution in [3.8, 4) is 0 Å². The third kappa shape index (κ3) is 8.93. The first-order valence-electron chi connectivity index (χ1n) is 8.88. The van der Waals surface area contributed by atoms with Crippen LogP contribution in [-0.2, 0) is 0 Å². The van der Waals surface area contributed by atoms with Crippen molar-refractivity contribution in [3.63, 3.8) is 0 Å². The molecule has 0 saturated carbocycles. The number of hydrogen-bond donors (Lipinski definition) is 1. The Morgan fingerprint density at radius 2 is 1.48 bits per heavy atom. The lowest BCUT2D eigenvalue weighted by Gasteiger charge is -2.21. The molecule has 0 amide bonds. The van der Waals surface area contributed by atoms with Crippen molar-refractivity contribution < 1.29 is 0 Å². The van der Waals surface area contributed by atoms with Crippen molar-refractivity contribution in [1.82, 2.24) is 5.32 Å². The summed E-state index contributed by atoms with van der Waals surface area (Å²) in [6, 6.07) is 11.4. The molecule has 120 valence electrons. The van der Waals surface area contributed by atoms with Gasteiger partial charge in [0.15, 0.2) is 0 Å². The standard InChI is InChI=1S/C20H35N/c1-17(2)12-8-5-6-11-15-21-20(16-18(3)4)19-13-9-7-10-14-19/h7,9-10,13-14,17-18,20-21H,5-6,8,11-12,15-16H2,1-4H3. The van der Waals surface area contributed by atoms with Crippen LogP contribution >= 0.6 is 0 Å². The molecule has 21 heavy (non-hydrogen) atoms. The molecule has 1 atom stereocenters. The molecule has 1 nitrogen and oxygen atoms in total. The van der Waals surface area contributed by atoms with Crippen LogP contribution in [0.4, 0.5) is 0 Å². The summed E-state index contributed by atoms with van der Waals surface area (Å²) in [5, 5.41) is 3.77. The fraction of sp³-hybridized carbons (Fsp3) is 0.700. The summed E-state index contributed by atoms with van der Waals surface area (Å²) in [6.07, 6.45) is 8.05. The Bertz CT molecular complexity index is 342. The van der Waals surface area contributed by atoms with E-state index in [1.54, 1.807) is 0 Å². The molecule has 1 N–H and O–H groups in total. The van der Waals surface area contributed by atoms with Crippen LogP contribution in [0.25, 0.3) is 0 Å². The lowest BCUT2D eigenvalue weighted by atomic mass is 9.97. The predicted octanol–water partition coefficient (Wildman–Crippen LogP) is 5.97. The van der Waals surface area contributed by atoms with Crippen LogP contribution in [-0.4, -0.2) is 6.54 Å². The van der Waals surface area contributed by atoms with Crippen LogP contribution in [0.15, 0.2) is 30.3 Å². The Morgan fingerprint density at radius 3 is 2.10 bits per heavy atom. The maximum absolute atomic E-state index is 3.77. The highest BCUT2D eigenvalue weighted by Gasteiger charge is 2.11. The van der Waals surface area contributed by atoms with Crippen molar-refractivity contribution in [1.29, 1.82) is 0 Å². The minimum atomic E-state index is 0.516. The average molecular weight is 290 g/mol. The minimum Gasteiger partial charge on any atom is -0.310 e. The molecular formula is C20H35N. The molecule has 1 heteroatoms. The smallest absolute Gasteiger partial charge is 0.0322 e. The van der Waals surface area contributed by atoms with Gasteiger partial charge in [0.05, 0.1) is 0 Å². The second-order valence-corrected chi connectivity index (χ2v) is 7.14. The highest BCUT2D eigenvalue weighted by Crippen LogP contribution is 2.21. The van der Waals surface area contributed by atoms with Crippen molar-refractivity contribution >= 4 is 0 Å². The molecule has 1 aromatic carbocycles. The first kappa shape index (κ1) is 18.2. The molecule has 0 bridgehead atoms. The molecule has 0 spiro atoms. The van der Waals surface area contributed by atoms with Gasteiger partial charge >= 0.3 is 0 Å². The van der Waals surface area contributed by atoms with Crippen LogP contribution in [0.2, 0.25) is 0 Å². The van der Waals surface area contributed by atoms with Gasteiger partial charge < -0.3 is 5.32 Å². The highest BCUT2D eigenvalue weighted by atomic mass is 14.9. The van der Waals surface area contributed by atoms with Gasteiger partial charge in [-0.05, 0) is 36.8 Å². The first-order chi connectivity index (χ1) is 10.1. The van der Waals surface area contributed by atoms with Crippen LogP contribution in [0, 0.1) is 11.8 Å². The van der Waals surface area contributed by atoms with E-state index in [9.17, 15) is 0 Å². The van der Waals surface area contributed by atoms with E-state index in [1.807, 2.05) is 0 Å². The molecule has 0 aliphatic carbocycles. The van der Waals surface area contributed by atoms with E-state index >= 15 is 0 Å². The molecule has 0 fully saturated rings. The zero-order chi connectivity index (χ0) is 15.5. The van der Waals surface area contributed by atoms with Crippen molar-refractivity contribution in [2.75, 3.05) is 6.54 Å². The zero-order valence-corrected chi connectivity index (χ0v) is 14.6. The highest BCUT2D eigenvalue weighted by molar-refractivity contribution is 5.18. The van der Waals surface area contributed by atoms with Crippen molar-refractivity contribution in [2.45, 2.75) is 72.3 Å². The van der Waals surface area contributed by atoms with Gasteiger partial charge in [0, 0.05) is 6.04 Å². The van der Waals surface area contributed by atoms with Crippen LogP contribution in [0.3, 0.4) is 0 Å². The number of rotatable bonds is 11. The van der Waals surface area contributed by atoms with Gasteiger partial charge in [0.25, 0.3) is 0 Å². The Labute approximate surface area is 132 Å². The molecule has 0 radical (unpaired) electrons. The summed E-state index contributed by atoms with van der Waals surface area (Å²) >= 11 is 0. The summed E-state index contributed by atoms with van der Waals surface area (Å²) in [7, 11) is 0. The van der Waals surface area contributed by atoms with E-state index in [0.717, 1.165) is 18.4 Å². The van der Waals surface area contributed by atoms with E-state index < -0.39 is 0 Å². The van der Waals surface area contributed by atoms with Crippen LogP contribution in [0.5, 0.6) is 0 Å².